The molecule has 0 atom stereocenters. The molecule has 3 nitrogen and oxygen atoms in total. The number of benzene rings is 2. The van der Waals surface area contributed by atoms with E-state index in [1.54, 1.807) is 17.0 Å². The van der Waals surface area contributed by atoms with Crippen molar-refractivity contribution in [3.63, 3.8) is 0 Å². The lowest BCUT2D eigenvalue weighted by molar-refractivity contribution is -0.137. The lowest BCUT2D eigenvalue weighted by atomic mass is 10.1. The average Bonchev–Trinajstić information content (AvgIpc) is 3.12. The number of fused-ring (bicyclic) bond motifs is 3. The Morgan fingerprint density at radius 2 is 2.00 bits per heavy atom. The molecule has 25 heavy (non-hydrogen) atoms. The topological polar surface area (TPSA) is 22.8 Å². The fraction of sp³-hybridized carbons (Fsp3) is 0.105. The van der Waals surface area contributed by atoms with Crippen LogP contribution in [0.3, 0.4) is 0 Å². The Labute approximate surface area is 143 Å². The number of alkyl halides is 3. The molecule has 2 aromatic heterocycles. The van der Waals surface area contributed by atoms with Crippen LogP contribution >= 0.6 is 0 Å². The third-order valence-corrected chi connectivity index (χ3v) is 4.25. The summed E-state index contributed by atoms with van der Waals surface area (Å²) in [7, 11) is 1.86. The van der Waals surface area contributed by atoms with Crippen LogP contribution in [-0.2, 0) is 13.2 Å². The second-order valence-electron chi connectivity index (χ2n) is 5.80. The van der Waals surface area contributed by atoms with Gasteiger partial charge in [-0.05, 0) is 41.9 Å². The predicted octanol–water partition coefficient (Wildman–Crippen LogP) is 5.18. The molecule has 0 aliphatic heterocycles. The highest BCUT2D eigenvalue weighted by Gasteiger charge is 2.30. The maximum Gasteiger partial charge on any atom is 0.416 e. The smallest absolute Gasteiger partial charge is 0.332 e. The van der Waals surface area contributed by atoms with Gasteiger partial charge in [-0.1, -0.05) is 18.7 Å². The number of aromatic nitrogens is 3. The third kappa shape index (κ3) is 2.33. The second kappa shape index (κ2) is 5.24. The summed E-state index contributed by atoms with van der Waals surface area (Å²) in [5.74, 6) is 0. The third-order valence-electron chi connectivity index (χ3n) is 4.25. The quantitative estimate of drug-likeness (QED) is 0.492. The molecule has 0 N–H and O–H groups in total. The molecule has 2 aromatic carbocycles. The van der Waals surface area contributed by atoms with Gasteiger partial charge >= 0.3 is 6.18 Å². The molecule has 4 aromatic rings. The normalized spacial score (nSPS) is 12.7. The second-order valence-corrected chi connectivity index (χ2v) is 5.80. The Morgan fingerprint density at radius 1 is 1.20 bits per heavy atom. The Kier molecular flexibility index (Phi) is 3.00. The number of imidazole rings is 1. The molecule has 2 heterocycles. The zero-order valence-corrected chi connectivity index (χ0v) is 13.3. The number of halogens is 3. The maximum atomic E-state index is 12.9. The van der Waals surface area contributed by atoms with Gasteiger partial charge in [0.25, 0.3) is 0 Å². The van der Waals surface area contributed by atoms with Gasteiger partial charge in [-0.2, -0.15) is 13.2 Å². The van der Waals surface area contributed by atoms with Crippen LogP contribution in [0.25, 0.3) is 33.8 Å². The highest BCUT2D eigenvalue weighted by atomic mass is 19.4. The first kappa shape index (κ1) is 14.3. The predicted molar refractivity (Wildman–Crippen MR) is 92.6 cm³/mol. The van der Waals surface area contributed by atoms with Gasteiger partial charge in [-0.25, -0.2) is 4.98 Å². The molecule has 0 unspecified atom stereocenters. The zero-order chi connectivity index (χ0) is 18.6. The number of rotatable bonds is 2. The molecule has 6 heteroatoms. The van der Waals surface area contributed by atoms with Crippen molar-refractivity contribution in [3.05, 3.63) is 66.5 Å². The molecule has 0 amide bonds. The van der Waals surface area contributed by atoms with Gasteiger partial charge in [0, 0.05) is 18.1 Å². The molecular weight excluding hydrogens is 327 g/mol. The summed E-state index contributed by atoms with van der Waals surface area (Å²) >= 11 is 0. The van der Waals surface area contributed by atoms with Crippen LogP contribution in [0.2, 0.25) is 0 Å². The summed E-state index contributed by atoms with van der Waals surface area (Å²) in [5.41, 5.74) is 2.66. The molecule has 0 saturated heterocycles. The van der Waals surface area contributed by atoms with Crippen molar-refractivity contribution >= 4 is 28.1 Å². The van der Waals surface area contributed by atoms with Crippen LogP contribution in [0, 0.1) is 0 Å². The zero-order valence-electron chi connectivity index (χ0n) is 14.3. The average molecular weight is 342 g/mol. The summed E-state index contributed by atoms with van der Waals surface area (Å²) in [6, 6.07) is 8.64. The highest BCUT2D eigenvalue weighted by molar-refractivity contribution is 6.06. The van der Waals surface area contributed by atoms with E-state index in [1.807, 2.05) is 29.8 Å². The minimum atomic E-state index is -4.48. The van der Waals surface area contributed by atoms with Gasteiger partial charge in [0.15, 0.2) is 5.65 Å². The van der Waals surface area contributed by atoms with Crippen molar-refractivity contribution < 1.29 is 14.5 Å². The lowest BCUT2D eigenvalue weighted by Gasteiger charge is -2.10. The van der Waals surface area contributed by atoms with E-state index >= 15 is 0 Å². The van der Waals surface area contributed by atoms with Crippen LogP contribution < -0.4 is 0 Å². The molecule has 0 saturated carbocycles. The van der Waals surface area contributed by atoms with Gasteiger partial charge in [0.05, 0.1) is 24.3 Å². The van der Waals surface area contributed by atoms with E-state index in [4.69, 9.17) is 1.37 Å². The fourth-order valence-electron chi connectivity index (χ4n) is 3.05. The first-order chi connectivity index (χ1) is 12.3. The molecule has 0 radical (unpaired) electrons. The molecule has 126 valence electrons. The summed E-state index contributed by atoms with van der Waals surface area (Å²) in [6.07, 6.45) is -1.10. The van der Waals surface area contributed by atoms with Crippen molar-refractivity contribution in [1.82, 2.24) is 14.1 Å². The van der Waals surface area contributed by atoms with Crippen LogP contribution in [0.5, 0.6) is 0 Å². The highest BCUT2D eigenvalue weighted by Crippen LogP contribution is 2.34. The summed E-state index contributed by atoms with van der Waals surface area (Å²) < 4.78 is 50.5. The van der Waals surface area contributed by atoms with Crippen molar-refractivity contribution in [3.8, 4) is 5.69 Å². The number of hydrogen-bond donors (Lipinski definition) is 0. The molecular formula is C19H14F3N3. The minimum absolute atomic E-state index is 0.211. The van der Waals surface area contributed by atoms with E-state index in [0.29, 0.717) is 11.3 Å². The SMILES string of the molecule is [2H]c1cc(C(F)(F)F)ccc1-n1c2ccc(C=C)cc2c2c1ncn2C. The summed E-state index contributed by atoms with van der Waals surface area (Å²) in [5, 5.41) is 0.900. The van der Waals surface area contributed by atoms with Crippen molar-refractivity contribution in [2.45, 2.75) is 6.18 Å². The van der Waals surface area contributed by atoms with E-state index in [0.717, 1.165) is 34.1 Å². The molecule has 0 bridgehead atoms. The van der Waals surface area contributed by atoms with E-state index in [1.165, 1.54) is 6.07 Å². The number of aryl methyl sites for hydroxylation is 1. The van der Waals surface area contributed by atoms with Gasteiger partial charge in [0.1, 0.15) is 0 Å². The van der Waals surface area contributed by atoms with E-state index in [2.05, 4.69) is 11.6 Å². The molecule has 0 aliphatic rings. The van der Waals surface area contributed by atoms with Crippen molar-refractivity contribution in [2.75, 3.05) is 0 Å². The standard InChI is InChI=1S/C19H14F3N3/c1-3-12-4-9-16-15(10-12)17-18(23-11-24(17)2)25(16)14-7-5-13(6-8-14)19(20,21)22/h3-11H,1H2,2H3/i7D. The molecule has 0 fully saturated rings. The van der Waals surface area contributed by atoms with Gasteiger partial charge in [0.2, 0.25) is 0 Å². The fourth-order valence-corrected chi connectivity index (χ4v) is 3.05. The Hall–Kier alpha value is -3.02. The van der Waals surface area contributed by atoms with Crippen LogP contribution in [-0.4, -0.2) is 14.1 Å². The van der Waals surface area contributed by atoms with E-state index in [-0.39, 0.29) is 6.04 Å². The van der Waals surface area contributed by atoms with Crippen molar-refractivity contribution in [1.29, 1.82) is 0 Å². The van der Waals surface area contributed by atoms with Gasteiger partial charge < -0.3 is 4.57 Å². The van der Waals surface area contributed by atoms with Crippen molar-refractivity contribution in [2.24, 2.45) is 7.05 Å². The van der Waals surface area contributed by atoms with E-state index in [9.17, 15) is 13.2 Å². The monoisotopic (exact) mass is 342 g/mol. The summed E-state index contributed by atoms with van der Waals surface area (Å²) in [4.78, 5) is 4.39. The van der Waals surface area contributed by atoms with Crippen LogP contribution in [0.15, 0.2) is 55.3 Å². The molecule has 0 aliphatic carbocycles. The summed E-state index contributed by atoms with van der Waals surface area (Å²) in [6.45, 7) is 3.77. The van der Waals surface area contributed by atoms with Crippen LogP contribution in [0.4, 0.5) is 13.2 Å². The van der Waals surface area contributed by atoms with Gasteiger partial charge in [-0.15, -0.1) is 0 Å². The first-order valence-electron chi connectivity index (χ1n) is 8.07. The molecule has 0 spiro atoms. The Morgan fingerprint density at radius 3 is 2.68 bits per heavy atom. The van der Waals surface area contributed by atoms with Gasteiger partial charge in [-0.3, -0.25) is 4.57 Å². The first-order valence-corrected chi connectivity index (χ1v) is 7.57. The minimum Gasteiger partial charge on any atom is -0.332 e. The van der Waals surface area contributed by atoms with E-state index < -0.39 is 11.7 Å². The van der Waals surface area contributed by atoms with Crippen LogP contribution in [0.1, 0.15) is 12.5 Å². The number of nitrogens with zero attached hydrogens (tertiary/aromatic N) is 3. The largest absolute Gasteiger partial charge is 0.416 e. The number of hydrogen-bond acceptors (Lipinski definition) is 1. The Bertz CT molecular complexity index is 1170. The maximum absolute atomic E-state index is 12.9. The lowest BCUT2D eigenvalue weighted by Crippen LogP contribution is -2.05. The Balaban J connectivity index is 2.06. The molecule has 4 rings (SSSR count).